The van der Waals surface area contributed by atoms with E-state index in [4.69, 9.17) is 5.26 Å². The lowest BCUT2D eigenvalue weighted by Crippen LogP contribution is -2.46. The maximum atomic E-state index is 14.7. The second-order valence-electron chi connectivity index (χ2n) is 7.83. The number of halogens is 1. The molecule has 8 heteroatoms. The van der Waals surface area contributed by atoms with Crippen LogP contribution in [-0.2, 0) is 0 Å². The number of fused-ring (bicyclic) bond motifs is 1. The van der Waals surface area contributed by atoms with Gasteiger partial charge in [0, 0.05) is 48.7 Å². The van der Waals surface area contributed by atoms with Crippen LogP contribution >= 0.6 is 0 Å². The summed E-state index contributed by atoms with van der Waals surface area (Å²) in [5, 5.41) is 22.8. The van der Waals surface area contributed by atoms with Crippen molar-refractivity contribution in [3.05, 3.63) is 53.1 Å². The Morgan fingerprint density at radius 2 is 1.97 bits per heavy atom. The minimum Gasteiger partial charge on any atom is -0.361 e. The van der Waals surface area contributed by atoms with Gasteiger partial charge in [-0.3, -0.25) is 0 Å². The predicted octanol–water partition coefficient (Wildman–Crippen LogP) is 3.66. The molecule has 0 saturated carbocycles. The zero-order valence-electron chi connectivity index (χ0n) is 18.1. The van der Waals surface area contributed by atoms with Crippen LogP contribution in [0.25, 0.3) is 10.8 Å². The topological polar surface area (TPSA) is 81.0 Å². The third-order valence-electron chi connectivity index (χ3n) is 5.95. The van der Waals surface area contributed by atoms with Crippen molar-refractivity contribution in [2.24, 2.45) is 0 Å². The van der Waals surface area contributed by atoms with E-state index in [-0.39, 0.29) is 5.56 Å². The molecule has 3 heterocycles. The van der Waals surface area contributed by atoms with Crippen molar-refractivity contribution in [2.75, 3.05) is 42.9 Å². The van der Waals surface area contributed by atoms with Crippen LogP contribution in [0, 0.1) is 24.1 Å². The average Bonchev–Trinajstić information content (AvgIpc) is 2.81. The lowest BCUT2D eigenvalue weighted by molar-refractivity contribution is 0.270. The predicted molar refractivity (Wildman–Crippen MR) is 120 cm³/mol. The SMILES string of the molecule is CCN1CCN(c2cc3c(N[C@H](C)c4cccc(C#N)c4F)nnc(C)c3cn2)CC1. The lowest BCUT2D eigenvalue weighted by atomic mass is 10.0. The van der Waals surface area contributed by atoms with Crippen LogP contribution in [0.5, 0.6) is 0 Å². The molecule has 0 amide bonds. The van der Waals surface area contributed by atoms with Crippen molar-refractivity contribution >= 4 is 22.4 Å². The minimum absolute atomic E-state index is 0.0312. The van der Waals surface area contributed by atoms with Crippen molar-refractivity contribution in [3.8, 4) is 6.07 Å². The molecule has 1 aromatic carbocycles. The number of likely N-dealkylation sites (N-methyl/N-ethyl adjacent to an activating group) is 1. The largest absolute Gasteiger partial charge is 0.361 e. The summed E-state index contributed by atoms with van der Waals surface area (Å²) in [4.78, 5) is 9.38. The molecule has 1 aliphatic heterocycles. The van der Waals surface area contributed by atoms with Gasteiger partial charge in [-0.15, -0.1) is 5.10 Å². The number of rotatable bonds is 5. The number of aromatic nitrogens is 3. The summed E-state index contributed by atoms with van der Waals surface area (Å²) < 4.78 is 14.7. The molecule has 1 aliphatic rings. The molecular weight excluding hydrogens is 393 g/mol. The van der Waals surface area contributed by atoms with E-state index in [9.17, 15) is 4.39 Å². The molecule has 0 unspecified atom stereocenters. The molecule has 0 aliphatic carbocycles. The molecule has 2 aromatic heterocycles. The van der Waals surface area contributed by atoms with Gasteiger partial charge in [-0.2, -0.15) is 10.4 Å². The van der Waals surface area contributed by atoms with Crippen LogP contribution in [0.4, 0.5) is 16.0 Å². The summed E-state index contributed by atoms with van der Waals surface area (Å²) in [5.41, 5.74) is 1.24. The van der Waals surface area contributed by atoms with Crippen LogP contribution in [0.3, 0.4) is 0 Å². The summed E-state index contributed by atoms with van der Waals surface area (Å²) in [7, 11) is 0. The monoisotopic (exact) mass is 419 g/mol. The number of nitriles is 1. The fraction of sp³-hybridized carbons (Fsp3) is 0.391. The number of pyridine rings is 1. The molecule has 1 saturated heterocycles. The zero-order valence-corrected chi connectivity index (χ0v) is 18.1. The first-order valence-corrected chi connectivity index (χ1v) is 10.6. The molecule has 0 bridgehead atoms. The Hall–Kier alpha value is -3.31. The van der Waals surface area contributed by atoms with Gasteiger partial charge in [-0.1, -0.05) is 19.1 Å². The molecule has 0 spiro atoms. The third kappa shape index (κ3) is 4.14. The zero-order chi connectivity index (χ0) is 22.0. The van der Waals surface area contributed by atoms with Gasteiger partial charge in [0.15, 0.2) is 5.82 Å². The molecule has 1 N–H and O–H groups in total. The maximum absolute atomic E-state index is 14.7. The highest BCUT2D eigenvalue weighted by atomic mass is 19.1. The summed E-state index contributed by atoms with van der Waals surface area (Å²) in [6.45, 7) is 10.9. The van der Waals surface area contributed by atoms with E-state index in [1.54, 1.807) is 12.1 Å². The second kappa shape index (κ2) is 8.82. The molecule has 4 rings (SSSR count). The maximum Gasteiger partial charge on any atom is 0.157 e. The first-order chi connectivity index (χ1) is 15.0. The number of nitrogens with zero attached hydrogens (tertiary/aromatic N) is 6. The van der Waals surface area contributed by atoms with Crippen LogP contribution in [0.2, 0.25) is 0 Å². The van der Waals surface area contributed by atoms with E-state index in [2.05, 4.69) is 37.2 Å². The number of nitrogens with one attached hydrogen (secondary N) is 1. The van der Waals surface area contributed by atoms with E-state index >= 15 is 0 Å². The normalized spacial score (nSPS) is 15.6. The molecular formula is C23H26FN7. The van der Waals surface area contributed by atoms with Crippen LogP contribution in [-0.4, -0.2) is 52.8 Å². The summed E-state index contributed by atoms with van der Waals surface area (Å²) >= 11 is 0. The Labute approximate surface area is 181 Å². The van der Waals surface area contributed by atoms with E-state index < -0.39 is 11.9 Å². The van der Waals surface area contributed by atoms with Gasteiger partial charge < -0.3 is 15.1 Å². The van der Waals surface area contributed by atoms with Crippen molar-refractivity contribution in [1.29, 1.82) is 5.26 Å². The fourth-order valence-corrected chi connectivity index (χ4v) is 3.99. The highest BCUT2D eigenvalue weighted by Crippen LogP contribution is 2.30. The van der Waals surface area contributed by atoms with Crippen LogP contribution < -0.4 is 10.2 Å². The number of hydrogen-bond donors (Lipinski definition) is 1. The Bertz CT molecular complexity index is 1130. The molecule has 160 valence electrons. The van der Waals surface area contributed by atoms with Gasteiger partial charge in [-0.05, 0) is 32.5 Å². The highest BCUT2D eigenvalue weighted by molar-refractivity contribution is 5.94. The first-order valence-electron chi connectivity index (χ1n) is 10.6. The number of hydrogen-bond acceptors (Lipinski definition) is 7. The van der Waals surface area contributed by atoms with Gasteiger partial charge in [0.25, 0.3) is 0 Å². The molecule has 31 heavy (non-hydrogen) atoms. The number of aryl methyl sites for hydroxylation is 1. The van der Waals surface area contributed by atoms with E-state index in [1.807, 2.05) is 32.2 Å². The second-order valence-corrected chi connectivity index (χ2v) is 7.83. The molecule has 7 nitrogen and oxygen atoms in total. The smallest absolute Gasteiger partial charge is 0.157 e. The van der Waals surface area contributed by atoms with Gasteiger partial charge in [0.1, 0.15) is 17.7 Å². The van der Waals surface area contributed by atoms with Gasteiger partial charge >= 0.3 is 0 Å². The molecule has 0 radical (unpaired) electrons. The van der Waals surface area contributed by atoms with Crippen molar-refractivity contribution < 1.29 is 4.39 Å². The summed E-state index contributed by atoms with van der Waals surface area (Å²) in [6, 6.07) is 8.38. The molecule has 3 aromatic rings. The van der Waals surface area contributed by atoms with Crippen LogP contribution in [0.1, 0.15) is 36.7 Å². The highest BCUT2D eigenvalue weighted by Gasteiger charge is 2.20. The van der Waals surface area contributed by atoms with E-state index in [0.29, 0.717) is 11.4 Å². The number of piperazine rings is 1. The Morgan fingerprint density at radius 1 is 1.19 bits per heavy atom. The van der Waals surface area contributed by atoms with Gasteiger partial charge in [0.05, 0.1) is 17.3 Å². The van der Waals surface area contributed by atoms with Crippen molar-refractivity contribution in [2.45, 2.75) is 26.8 Å². The first kappa shape index (κ1) is 20.9. The molecule has 1 fully saturated rings. The van der Waals surface area contributed by atoms with Gasteiger partial charge in [-0.25, -0.2) is 9.37 Å². The standard InChI is InChI=1S/C23H26FN7/c1-4-30-8-10-31(11-9-30)21-12-19-20(14-26-21)16(3)28-29-23(19)27-15(2)18-7-5-6-17(13-25)22(18)24/h5-7,12,14-15H,4,8-11H2,1-3H3,(H,27,29)/t15-/m1/s1. The van der Waals surface area contributed by atoms with Crippen LogP contribution in [0.15, 0.2) is 30.5 Å². The Balaban J connectivity index is 1.66. The van der Waals surface area contributed by atoms with E-state index in [1.165, 1.54) is 6.07 Å². The van der Waals surface area contributed by atoms with Gasteiger partial charge in [0.2, 0.25) is 0 Å². The Kier molecular flexibility index (Phi) is 5.96. The van der Waals surface area contributed by atoms with Crippen molar-refractivity contribution in [1.82, 2.24) is 20.1 Å². The summed E-state index contributed by atoms with van der Waals surface area (Å²) in [6.07, 6.45) is 1.84. The average molecular weight is 420 g/mol. The fourth-order valence-electron chi connectivity index (χ4n) is 3.99. The van der Waals surface area contributed by atoms with Crippen molar-refractivity contribution in [3.63, 3.8) is 0 Å². The minimum atomic E-state index is -0.509. The number of anilines is 2. The number of benzene rings is 1. The lowest BCUT2D eigenvalue weighted by Gasteiger charge is -2.34. The van der Waals surface area contributed by atoms with E-state index in [0.717, 1.165) is 55.0 Å². The third-order valence-corrected chi connectivity index (χ3v) is 5.95. The summed E-state index contributed by atoms with van der Waals surface area (Å²) in [5.74, 6) is 0.972. The quantitative estimate of drug-likeness (QED) is 0.676. The molecule has 1 atom stereocenters. The Morgan fingerprint density at radius 3 is 2.68 bits per heavy atom.